The lowest BCUT2D eigenvalue weighted by atomic mass is 10.1. The van der Waals surface area contributed by atoms with Gasteiger partial charge in [-0.25, -0.2) is 4.39 Å². The van der Waals surface area contributed by atoms with Crippen molar-refractivity contribution in [2.45, 2.75) is 25.6 Å². The molecule has 0 saturated carbocycles. The third-order valence-electron chi connectivity index (χ3n) is 4.15. The van der Waals surface area contributed by atoms with Gasteiger partial charge in [0.1, 0.15) is 5.82 Å². The number of hydrogen-bond acceptors (Lipinski definition) is 3. The molecule has 1 aliphatic rings. The minimum atomic E-state index is -0.193. The predicted octanol–water partition coefficient (Wildman–Crippen LogP) is 2.69. The first-order valence-electron chi connectivity index (χ1n) is 7.67. The minimum Gasteiger partial charge on any atom is -0.392 e. The largest absolute Gasteiger partial charge is 0.392 e. The number of benzene rings is 2. The van der Waals surface area contributed by atoms with Crippen LogP contribution in [0.5, 0.6) is 0 Å². The number of aliphatic hydroxyl groups excluding tert-OH is 1. The van der Waals surface area contributed by atoms with E-state index in [-0.39, 0.29) is 12.4 Å². The molecule has 0 radical (unpaired) electrons. The first kappa shape index (κ1) is 15.0. The molecule has 1 unspecified atom stereocenters. The van der Waals surface area contributed by atoms with Crippen molar-refractivity contribution in [1.82, 2.24) is 5.32 Å². The van der Waals surface area contributed by atoms with Crippen LogP contribution in [0.3, 0.4) is 0 Å². The van der Waals surface area contributed by atoms with E-state index in [0.717, 1.165) is 37.3 Å². The van der Waals surface area contributed by atoms with Crippen LogP contribution in [-0.2, 0) is 13.2 Å². The Labute approximate surface area is 130 Å². The van der Waals surface area contributed by atoms with Gasteiger partial charge in [0, 0.05) is 31.4 Å². The number of rotatable bonds is 5. The van der Waals surface area contributed by atoms with Gasteiger partial charge in [-0.1, -0.05) is 24.3 Å². The summed E-state index contributed by atoms with van der Waals surface area (Å²) >= 11 is 0. The molecule has 1 heterocycles. The maximum Gasteiger partial charge on any atom is 0.123 e. The van der Waals surface area contributed by atoms with E-state index in [9.17, 15) is 4.39 Å². The second-order valence-corrected chi connectivity index (χ2v) is 5.77. The summed E-state index contributed by atoms with van der Waals surface area (Å²) in [6.07, 6.45) is 1.08. The average molecular weight is 300 g/mol. The summed E-state index contributed by atoms with van der Waals surface area (Å²) in [6.45, 7) is 2.80. The maximum atomic E-state index is 13.0. The fourth-order valence-corrected chi connectivity index (χ4v) is 2.91. The molecule has 2 aromatic rings. The summed E-state index contributed by atoms with van der Waals surface area (Å²) in [4.78, 5) is 2.28. The average Bonchev–Trinajstić information content (AvgIpc) is 3.03. The highest BCUT2D eigenvalue weighted by Crippen LogP contribution is 2.20. The van der Waals surface area contributed by atoms with Crippen molar-refractivity contribution in [2.24, 2.45) is 0 Å². The Morgan fingerprint density at radius 1 is 1.14 bits per heavy atom. The van der Waals surface area contributed by atoms with Crippen LogP contribution in [-0.4, -0.2) is 24.2 Å². The van der Waals surface area contributed by atoms with Crippen LogP contribution in [0.4, 0.5) is 10.1 Å². The predicted molar refractivity (Wildman–Crippen MR) is 86.2 cm³/mol. The van der Waals surface area contributed by atoms with E-state index in [2.05, 4.69) is 16.3 Å². The van der Waals surface area contributed by atoms with Gasteiger partial charge in [-0.05, 0) is 41.8 Å². The van der Waals surface area contributed by atoms with Crippen molar-refractivity contribution in [3.05, 3.63) is 65.5 Å². The molecule has 1 aliphatic heterocycles. The molecule has 1 atom stereocenters. The van der Waals surface area contributed by atoms with Gasteiger partial charge >= 0.3 is 0 Å². The summed E-state index contributed by atoms with van der Waals surface area (Å²) < 4.78 is 13.0. The van der Waals surface area contributed by atoms with Crippen LogP contribution in [0.2, 0.25) is 0 Å². The first-order valence-corrected chi connectivity index (χ1v) is 7.67. The smallest absolute Gasteiger partial charge is 0.123 e. The zero-order chi connectivity index (χ0) is 15.4. The quantitative estimate of drug-likeness (QED) is 0.891. The number of nitrogens with zero attached hydrogens (tertiary/aromatic N) is 1. The van der Waals surface area contributed by atoms with Crippen LogP contribution in [0.15, 0.2) is 48.5 Å². The summed E-state index contributed by atoms with van der Waals surface area (Å²) in [5.74, 6) is -0.193. The zero-order valence-electron chi connectivity index (χ0n) is 12.5. The van der Waals surface area contributed by atoms with Crippen molar-refractivity contribution in [3.63, 3.8) is 0 Å². The van der Waals surface area contributed by atoms with E-state index < -0.39 is 0 Å². The molecule has 3 nitrogen and oxygen atoms in total. The molecule has 116 valence electrons. The van der Waals surface area contributed by atoms with Crippen molar-refractivity contribution < 1.29 is 9.50 Å². The number of aliphatic hydroxyl groups is 1. The molecule has 2 N–H and O–H groups in total. The van der Waals surface area contributed by atoms with E-state index in [4.69, 9.17) is 5.11 Å². The van der Waals surface area contributed by atoms with Crippen LogP contribution >= 0.6 is 0 Å². The van der Waals surface area contributed by atoms with Crippen LogP contribution in [0.25, 0.3) is 0 Å². The molecule has 0 amide bonds. The Kier molecular flexibility index (Phi) is 4.71. The molecule has 3 rings (SSSR count). The Morgan fingerprint density at radius 2 is 1.91 bits per heavy atom. The highest BCUT2D eigenvalue weighted by molar-refractivity contribution is 5.47. The minimum absolute atomic E-state index is 0.0790. The van der Waals surface area contributed by atoms with Crippen molar-refractivity contribution in [3.8, 4) is 0 Å². The number of anilines is 1. The molecule has 0 aromatic heterocycles. The summed E-state index contributed by atoms with van der Waals surface area (Å²) in [6, 6.07) is 15.1. The molecule has 0 aliphatic carbocycles. The molecular formula is C18H21FN2O. The lowest BCUT2D eigenvalue weighted by Gasteiger charge is -2.19. The molecule has 0 bridgehead atoms. The fourth-order valence-electron chi connectivity index (χ4n) is 2.91. The standard InChI is InChI=1S/C18H21FN2O/c19-16-4-6-18(7-5-16)21-9-8-17(12-21)20-11-14-2-1-3-15(10-14)13-22/h1-7,10,17,20,22H,8-9,11-13H2. The Morgan fingerprint density at radius 3 is 2.68 bits per heavy atom. The number of hydrogen-bond donors (Lipinski definition) is 2. The van der Waals surface area contributed by atoms with E-state index in [1.807, 2.05) is 30.3 Å². The monoisotopic (exact) mass is 300 g/mol. The fraction of sp³-hybridized carbons (Fsp3) is 0.333. The second-order valence-electron chi connectivity index (χ2n) is 5.77. The van der Waals surface area contributed by atoms with E-state index in [1.165, 1.54) is 17.7 Å². The van der Waals surface area contributed by atoms with Gasteiger partial charge < -0.3 is 15.3 Å². The summed E-state index contributed by atoms with van der Waals surface area (Å²) in [5.41, 5.74) is 3.21. The van der Waals surface area contributed by atoms with Gasteiger partial charge in [-0.15, -0.1) is 0 Å². The van der Waals surface area contributed by atoms with Gasteiger partial charge in [0.25, 0.3) is 0 Å². The van der Waals surface area contributed by atoms with E-state index in [0.29, 0.717) is 6.04 Å². The Bertz CT molecular complexity index is 615. The van der Waals surface area contributed by atoms with Gasteiger partial charge in [0.05, 0.1) is 6.61 Å². The van der Waals surface area contributed by atoms with Gasteiger partial charge in [-0.3, -0.25) is 0 Å². The molecule has 4 heteroatoms. The van der Waals surface area contributed by atoms with Gasteiger partial charge in [-0.2, -0.15) is 0 Å². The van der Waals surface area contributed by atoms with Crippen LogP contribution < -0.4 is 10.2 Å². The Hall–Kier alpha value is -1.91. The Balaban J connectivity index is 1.53. The third kappa shape index (κ3) is 3.64. The van der Waals surface area contributed by atoms with E-state index in [1.54, 1.807) is 0 Å². The second kappa shape index (κ2) is 6.90. The normalized spacial score (nSPS) is 17.9. The lowest BCUT2D eigenvalue weighted by molar-refractivity contribution is 0.281. The molecule has 2 aromatic carbocycles. The SMILES string of the molecule is OCc1cccc(CNC2CCN(c3ccc(F)cc3)C2)c1. The van der Waals surface area contributed by atoms with Gasteiger partial charge in [0.15, 0.2) is 0 Å². The number of halogens is 1. The number of nitrogens with one attached hydrogen (secondary N) is 1. The first-order chi connectivity index (χ1) is 10.7. The van der Waals surface area contributed by atoms with Crippen LogP contribution in [0.1, 0.15) is 17.5 Å². The molecular weight excluding hydrogens is 279 g/mol. The highest BCUT2D eigenvalue weighted by atomic mass is 19.1. The van der Waals surface area contributed by atoms with Crippen molar-refractivity contribution >= 4 is 5.69 Å². The summed E-state index contributed by atoms with van der Waals surface area (Å²) in [5, 5.41) is 12.7. The molecule has 1 fully saturated rings. The third-order valence-corrected chi connectivity index (χ3v) is 4.15. The van der Waals surface area contributed by atoms with Crippen molar-refractivity contribution in [1.29, 1.82) is 0 Å². The van der Waals surface area contributed by atoms with Gasteiger partial charge in [0.2, 0.25) is 0 Å². The molecule has 0 spiro atoms. The lowest BCUT2D eigenvalue weighted by Crippen LogP contribution is -2.32. The molecule has 1 saturated heterocycles. The highest BCUT2D eigenvalue weighted by Gasteiger charge is 2.22. The van der Waals surface area contributed by atoms with E-state index >= 15 is 0 Å². The zero-order valence-corrected chi connectivity index (χ0v) is 12.5. The summed E-state index contributed by atoms with van der Waals surface area (Å²) in [7, 11) is 0. The molecule has 22 heavy (non-hydrogen) atoms. The maximum absolute atomic E-state index is 13.0. The van der Waals surface area contributed by atoms with Crippen molar-refractivity contribution in [2.75, 3.05) is 18.0 Å². The topological polar surface area (TPSA) is 35.5 Å². The van der Waals surface area contributed by atoms with Crippen LogP contribution in [0, 0.1) is 5.82 Å².